The van der Waals surface area contributed by atoms with Crippen molar-refractivity contribution in [3.63, 3.8) is 0 Å². The van der Waals surface area contributed by atoms with Gasteiger partial charge in [-0.05, 0) is 42.5 Å². The van der Waals surface area contributed by atoms with E-state index in [1.54, 1.807) is 11.4 Å². The van der Waals surface area contributed by atoms with E-state index in [0.29, 0.717) is 16.8 Å². The van der Waals surface area contributed by atoms with E-state index in [1.165, 1.54) is 32.4 Å². The number of rotatable bonds is 5. The Labute approximate surface area is 188 Å². The normalized spacial score (nSPS) is 16.2. The minimum atomic E-state index is -0.606. The summed E-state index contributed by atoms with van der Waals surface area (Å²) < 4.78 is 23.2. The Morgan fingerprint density at radius 1 is 1.34 bits per heavy atom. The van der Waals surface area contributed by atoms with Crippen LogP contribution in [0.4, 0.5) is 10.1 Å². The molecule has 1 aliphatic heterocycles. The van der Waals surface area contributed by atoms with Crippen LogP contribution in [-0.4, -0.2) is 37.4 Å². The molecule has 1 atom stereocenters. The number of nitrogens with zero attached hydrogens (tertiary/aromatic N) is 4. The van der Waals surface area contributed by atoms with Crippen molar-refractivity contribution in [3.8, 4) is 0 Å². The number of carbonyl (C=O) groups is 1. The van der Waals surface area contributed by atoms with E-state index in [4.69, 9.17) is 16.3 Å². The van der Waals surface area contributed by atoms with Gasteiger partial charge in [-0.15, -0.1) is 16.4 Å². The number of halogens is 2. The van der Waals surface area contributed by atoms with Crippen molar-refractivity contribution in [2.45, 2.75) is 32.0 Å². The monoisotopic (exact) mass is 477 g/mol. The second-order valence-corrected chi connectivity index (χ2v) is 8.76. The van der Waals surface area contributed by atoms with E-state index in [2.05, 4.69) is 10.4 Å². The van der Waals surface area contributed by atoms with Crippen LogP contribution in [0.25, 0.3) is 16.0 Å². The number of fused-ring (bicyclic) bond motifs is 3. The molecule has 4 aromatic rings. The summed E-state index contributed by atoms with van der Waals surface area (Å²) in [5.74, 6) is -1.00. The van der Waals surface area contributed by atoms with Gasteiger partial charge in [0.25, 0.3) is 5.56 Å². The molecule has 1 N–H and O–H groups in total. The summed E-state index contributed by atoms with van der Waals surface area (Å²) >= 11 is 6.99. The van der Waals surface area contributed by atoms with Crippen molar-refractivity contribution in [1.29, 1.82) is 0 Å². The van der Waals surface area contributed by atoms with E-state index < -0.39 is 24.0 Å². The molecule has 1 aromatic carbocycles. The second-order valence-electron chi connectivity index (χ2n) is 7.44. The smallest absolute Gasteiger partial charge is 0.352 e. The lowest BCUT2D eigenvalue weighted by atomic mass is 10.2. The van der Waals surface area contributed by atoms with Gasteiger partial charge in [0.2, 0.25) is 11.7 Å². The number of aromatic nitrogens is 4. The van der Waals surface area contributed by atoms with Crippen molar-refractivity contribution in [1.82, 2.24) is 18.7 Å². The maximum absolute atomic E-state index is 13.3. The molecule has 1 saturated heterocycles. The van der Waals surface area contributed by atoms with Crippen molar-refractivity contribution < 1.29 is 13.9 Å². The van der Waals surface area contributed by atoms with Crippen molar-refractivity contribution in [2.24, 2.45) is 0 Å². The maximum atomic E-state index is 13.3. The number of hydrogen-bond acceptors (Lipinski definition) is 6. The predicted molar refractivity (Wildman–Crippen MR) is 118 cm³/mol. The minimum absolute atomic E-state index is 0.134. The van der Waals surface area contributed by atoms with Crippen LogP contribution < -0.4 is 16.6 Å². The number of amides is 1. The Bertz CT molecular complexity index is 1470. The van der Waals surface area contributed by atoms with Crippen LogP contribution in [0, 0.1) is 5.82 Å². The minimum Gasteiger partial charge on any atom is -0.376 e. The first-order valence-corrected chi connectivity index (χ1v) is 11.1. The zero-order chi connectivity index (χ0) is 22.4. The lowest BCUT2D eigenvalue weighted by Gasteiger charge is -2.12. The van der Waals surface area contributed by atoms with Gasteiger partial charge in [0.05, 0.1) is 23.2 Å². The summed E-state index contributed by atoms with van der Waals surface area (Å²) in [7, 11) is 0. The van der Waals surface area contributed by atoms with E-state index in [-0.39, 0.29) is 34.7 Å². The van der Waals surface area contributed by atoms with E-state index in [1.807, 2.05) is 0 Å². The molecule has 1 fully saturated rings. The third-order valence-corrected chi connectivity index (χ3v) is 6.48. The first-order chi connectivity index (χ1) is 15.4. The molecule has 32 heavy (non-hydrogen) atoms. The molecule has 0 bridgehead atoms. The van der Waals surface area contributed by atoms with Crippen LogP contribution in [-0.2, 0) is 22.6 Å². The third kappa shape index (κ3) is 3.61. The molecule has 0 aliphatic carbocycles. The molecule has 0 spiro atoms. The molecule has 0 saturated carbocycles. The molecule has 5 rings (SSSR count). The average Bonchev–Trinajstić information content (AvgIpc) is 3.49. The Morgan fingerprint density at radius 3 is 2.94 bits per heavy atom. The standard InChI is InChI=1S/C20H17ClFN5O4S/c21-13-8-11(3-4-14(13)22)23-16(28)10-26-20(30)27-15-5-7-32-17(15)18(29)25(19(27)24-26)9-12-2-1-6-31-12/h3-5,7-8,12H,1-2,6,9-10H2,(H,23,28). The molecule has 1 unspecified atom stereocenters. The molecule has 1 aliphatic rings. The van der Waals surface area contributed by atoms with Crippen molar-refractivity contribution in [2.75, 3.05) is 11.9 Å². The number of anilines is 1. The van der Waals surface area contributed by atoms with Crippen LogP contribution in [0.3, 0.4) is 0 Å². The van der Waals surface area contributed by atoms with Crippen molar-refractivity contribution in [3.05, 3.63) is 61.3 Å². The van der Waals surface area contributed by atoms with Crippen LogP contribution in [0.15, 0.2) is 39.2 Å². The average molecular weight is 478 g/mol. The topological polar surface area (TPSA) is 99.6 Å². The third-order valence-electron chi connectivity index (χ3n) is 5.30. The number of hydrogen-bond donors (Lipinski definition) is 1. The van der Waals surface area contributed by atoms with Crippen LogP contribution in [0.5, 0.6) is 0 Å². The van der Waals surface area contributed by atoms with Gasteiger partial charge in [-0.2, -0.15) is 0 Å². The highest BCUT2D eigenvalue weighted by Gasteiger charge is 2.23. The summed E-state index contributed by atoms with van der Waals surface area (Å²) in [5, 5.41) is 8.45. The fourth-order valence-electron chi connectivity index (χ4n) is 3.80. The van der Waals surface area contributed by atoms with Gasteiger partial charge in [0, 0.05) is 12.3 Å². The highest BCUT2D eigenvalue weighted by Crippen LogP contribution is 2.21. The van der Waals surface area contributed by atoms with Gasteiger partial charge in [0.15, 0.2) is 0 Å². The number of thiophene rings is 1. The fourth-order valence-corrected chi connectivity index (χ4v) is 4.81. The number of carbonyl (C=O) groups excluding carboxylic acids is 1. The molecule has 3 aromatic heterocycles. The number of ether oxygens (including phenoxy) is 1. The van der Waals surface area contributed by atoms with Crippen LogP contribution in [0.1, 0.15) is 12.8 Å². The molecular weight excluding hydrogens is 461 g/mol. The highest BCUT2D eigenvalue weighted by atomic mass is 35.5. The Morgan fingerprint density at radius 2 is 2.19 bits per heavy atom. The van der Waals surface area contributed by atoms with E-state index in [0.717, 1.165) is 23.6 Å². The zero-order valence-electron chi connectivity index (χ0n) is 16.6. The largest absolute Gasteiger partial charge is 0.376 e. The van der Waals surface area contributed by atoms with Gasteiger partial charge in [-0.3, -0.25) is 14.2 Å². The van der Waals surface area contributed by atoms with E-state index >= 15 is 0 Å². The molecule has 4 heterocycles. The second kappa shape index (κ2) is 8.15. The van der Waals surface area contributed by atoms with E-state index in [9.17, 15) is 18.8 Å². The summed E-state index contributed by atoms with van der Waals surface area (Å²) in [4.78, 5) is 38.7. The van der Waals surface area contributed by atoms with Gasteiger partial charge in [-0.25, -0.2) is 18.3 Å². The molecule has 166 valence electrons. The lowest BCUT2D eigenvalue weighted by molar-refractivity contribution is -0.117. The highest BCUT2D eigenvalue weighted by molar-refractivity contribution is 7.17. The summed E-state index contributed by atoms with van der Waals surface area (Å²) in [6, 6.07) is 5.44. The summed E-state index contributed by atoms with van der Waals surface area (Å²) in [6.07, 6.45) is 1.58. The lowest BCUT2D eigenvalue weighted by Crippen LogP contribution is -2.30. The summed E-state index contributed by atoms with van der Waals surface area (Å²) in [5.41, 5.74) is -0.0633. The Kier molecular flexibility index (Phi) is 5.31. The van der Waals surface area contributed by atoms with Gasteiger partial charge < -0.3 is 10.1 Å². The zero-order valence-corrected chi connectivity index (χ0v) is 18.2. The maximum Gasteiger partial charge on any atom is 0.352 e. The van der Waals surface area contributed by atoms with Crippen LogP contribution in [0.2, 0.25) is 5.02 Å². The van der Waals surface area contributed by atoms with Crippen molar-refractivity contribution >= 4 is 50.5 Å². The summed E-state index contributed by atoms with van der Waals surface area (Å²) in [6.45, 7) is 0.508. The molecule has 1 amide bonds. The number of benzene rings is 1. The molecule has 9 nitrogen and oxygen atoms in total. The first kappa shape index (κ1) is 20.9. The Hall–Kier alpha value is -3.02. The quantitative estimate of drug-likeness (QED) is 0.476. The van der Waals surface area contributed by atoms with Gasteiger partial charge in [-0.1, -0.05) is 11.6 Å². The molecule has 0 radical (unpaired) electrons. The van der Waals surface area contributed by atoms with Gasteiger partial charge >= 0.3 is 5.69 Å². The van der Waals surface area contributed by atoms with Crippen LogP contribution >= 0.6 is 22.9 Å². The first-order valence-electron chi connectivity index (χ1n) is 9.88. The SMILES string of the molecule is O=C(Cn1nc2n(CC3CCCO3)c(=O)c3sccc3n2c1=O)Nc1ccc(F)c(Cl)c1. The molecular formula is C20H17ClFN5O4S. The fraction of sp³-hybridized carbons (Fsp3) is 0.300. The number of nitrogens with one attached hydrogen (secondary N) is 1. The molecule has 12 heteroatoms. The Balaban J connectivity index is 1.53. The predicted octanol–water partition coefficient (Wildman–Crippen LogP) is 2.48. The van der Waals surface area contributed by atoms with Gasteiger partial charge in [0.1, 0.15) is 17.1 Å².